The maximum Gasteiger partial charge on any atom is 0.0497 e. The van der Waals surface area contributed by atoms with Crippen LogP contribution in [-0.4, -0.2) is 29.7 Å². The summed E-state index contributed by atoms with van der Waals surface area (Å²) in [5.41, 5.74) is 2.45. The Morgan fingerprint density at radius 1 is 1.47 bits per heavy atom. The molecule has 1 aromatic carbocycles. The summed E-state index contributed by atoms with van der Waals surface area (Å²) in [6.07, 6.45) is 1.07. The van der Waals surface area contributed by atoms with Crippen LogP contribution in [0.25, 0.3) is 0 Å². The third-order valence-corrected chi connectivity index (χ3v) is 4.07. The van der Waals surface area contributed by atoms with Gasteiger partial charge in [-0.1, -0.05) is 30.7 Å². The molecule has 3 heteroatoms. The van der Waals surface area contributed by atoms with E-state index in [1.807, 2.05) is 13.0 Å². The van der Waals surface area contributed by atoms with E-state index in [0.717, 1.165) is 36.6 Å². The molecule has 1 aliphatic heterocycles. The van der Waals surface area contributed by atoms with E-state index in [-0.39, 0.29) is 12.0 Å². The second kappa shape index (κ2) is 4.97. The number of hydrogen-bond acceptors (Lipinski definition) is 2. The van der Waals surface area contributed by atoms with E-state index in [1.165, 1.54) is 5.56 Å². The number of benzene rings is 1. The van der Waals surface area contributed by atoms with Gasteiger partial charge in [0.15, 0.2) is 0 Å². The van der Waals surface area contributed by atoms with Gasteiger partial charge in [0.25, 0.3) is 0 Å². The lowest BCUT2D eigenvalue weighted by Crippen LogP contribution is -2.27. The highest BCUT2D eigenvalue weighted by molar-refractivity contribution is 6.31. The van der Waals surface area contributed by atoms with Crippen LogP contribution in [0, 0.1) is 12.3 Å². The third-order valence-electron chi connectivity index (χ3n) is 3.66. The van der Waals surface area contributed by atoms with Crippen molar-refractivity contribution in [2.24, 2.45) is 5.41 Å². The molecular formula is C14H20ClNO. The monoisotopic (exact) mass is 253 g/mol. The Morgan fingerprint density at radius 2 is 2.24 bits per heavy atom. The van der Waals surface area contributed by atoms with Crippen LogP contribution in [0.15, 0.2) is 18.2 Å². The highest BCUT2D eigenvalue weighted by Crippen LogP contribution is 2.30. The minimum Gasteiger partial charge on any atom is -0.396 e. The second-order valence-electron chi connectivity index (χ2n) is 5.51. The molecule has 1 unspecified atom stereocenters. The van der Waals surface area contributed by atoms with Gasteiger partial charge in [0, 0.05) is 30.1 Å². The zero-order valence-corrected chi connectivity index (χ0v) is 11.3. The van der Waals surface area contributed by atoms with Crippen LogP contribution in [0.4, 0.5) is 0 Å². The molecule has 1 fully saturated rings. The van der Waals surface area contributed by atoms with Gasteiger partial charge in [0.1, 0.15) is 0 Å². The Kier molecular flexibility index (Phi) is 3.76. The molecule has 1 saturated heterocycles. The van der Waals surface area contributed by atoms with E-state index < -0.39 is 0 Å². The molecule has 1 atom stereocenters. The summed E-state index contributed by atoms with van der Waals surface area (Å²) in [6, 6.07) is 6.25. The molecule has 0 amide bonds. The fraction of sp³-hybridized carbons (Fsp3) is 0.571. The Balaban J connectivity index is 2.00. The SMILES string of the molecule is Cc1ccc(CN2CCC(C)(CO)C2)cc1Cl. The lowest BCUT2D eigenvalue weighted by molar-refractivity contribution is 0.144. The molecule has 0 bridgehead atoms. The number of aliphatic hydroxyl groups excluding tert-OH is 1. The highest BCUT2D eigenvalue weighted by Gasteiger charge is 2.32. The van der Waals surface area contributed by atoms with Crippen LogP contribution in [0.5, 0.6) is 0 Å². The van der Waals surface area contributed by atoms with E-state index in [9.17, 15) is 5.11 Å². The van der Waals surface area contributed by atoms with E-state index in [4.69, 9.17) is 11.6 Å². The first kappa shape index (κ1) is 12.9. The largest absolute Gasteiger partial charge is 0.396 e. The van der Waals surface area contributed by atoms with Crippen molar-refractivity contribution >= 4 is 11.6 Å². The van der Waals surface area contributed by atoms with Crippen LogP contribution in [0.1, 0.15) is 24.5 Å². The standard InChI is InChI=1S/C14H20ClNO/c1-11-3-4-12(7-13(11)15)8-16-6-5-14(2,9-16)10-17/h3-4,7,17H,5-6,8-10H2,1-2H3. The average molecular weight is 254 g/mol. The van der Waals surface area contributed by atoms with Gasteiger partial charge < -0.3 is 5.11 Å². The summed E-state index contributed by atoms with van der Waals surface area (Å²) in [4.78, 5) is 2.39. The highest BCUT2D eigenvalue weighted by atomic mass is 35.5. The third kappa shape index (κ3) is 3.01. The average Bonchev–Trinajstić information content (AvgIpc) is 2.67. The number of likely N-dealkylation sites (tertiary alicyclic amines) is 1. The van der Waals surface area contributed by atoms with Crippen molar-refractivity contribution in [1.29, 1.82) is 0 Å². The molecule has 0 radical (unpaired) electrons. The van der Waals surface area contributed by atoms with Crippen molar-refractivity contribution in [3.05, 3.63) is 34.3 Å². The smallest absolute Gasteiger partial charge is 0.0497 e. The Bertz CT molecular complexity index is 407. The Labute approximate surface area is 108 Å². The van der Waals surface area contributed by atoms with Gasteiger partial charge in [-0.3, -0.25) is 4.90 Å². The van der Waals surface area contributed by atoms with Crippen LogP contribution >= 0.6 is 11.6 Å². The predicted molar refractivity (Wildman–Crippen MR) is 71.3 cm³/mol. The van der Waals surface area contributed by atoms with Crippen LogP contribution < -0.4 is 0 Å². The quantitative estimate of drug-likeness (QED) is 0.896. The lowest BCUT2D eigenvalue weighted by atomic mass is 9.91. The molecule has 1 aliphatic rings. The lowest BCUT2D eigenvalue weighted by Gasteiger charge is -2.22. The number of aliphatic hydroxyl groups is 1. The van der Waals surface area contributed by atoms with Crippen LogP contribution in [0.3, 0.4) is 0 Å². The Hall–Kier alpha value is -0.570. The summed E-state index contributed by atoms with van der Waals surface area (Å²) in [6.45, 7) is 7.39. The van der Waals surface area contributed by atoms with Gasteiger partial charge in [0.05, 0.1) is 0 Å². The molecule has 1 aromatic rings. The van der Waals surface area contributed by atoms with Gasteiger partial charge in [0.2, 0.25) is 0 Å². The first-order valence-electron chi connectivity index (χ1n) is 6.11. The van der Waals surface area contributed by atoms with Crippen molar-refractivity contribution in [2.75, 3.05) is 19.7 Å². The number of halogens is 1. The fourth-order valence-electron chi connectivity index (χ4n) is 2.38. The molecule has 0 saturated carbocycles. The van der Waals surface area contributed by atoms with Crippen molar-refractivity contribution in [3.63, 3.8) is 0 Å². The van der Waals surface area contributed by atoms with Crippen molar-refractivity contribution < 1.29 is 5.11 Å². The molecule has 2 nitrogen and oxygen atoms in total. The second-order valence-corrected chi connectivity index (χ2v) is 5.92. The summed E-state index contributed by atoms with van der Waals surface area (Å²) >= 11 is 6.12. The summed E-state index contributed by atoms with van der Waals surface area (Å²) in [7, 11) is 0. The van der Waals surface area contributed by atoms with E-state index in [1.54, 1.807) is 0 Å². The molecule has 1 heterocycles. The first-order chi connectivity index (χ1) is 8.02. The van der Waals surface area contributed by atoms with Gasteiger partial charge in [-0.25, -0.2) is 0 Å². The number of rotatable bonds is 3. The molecule has 1 N–H and O–H groups in total. The maximum absolute atomic E-state index is 9.34. The molecular weight excluding hydrogens is 234 g/mol. The van der Waals surface area contributed by atoms with Crippen molar-refractivity contribution in [3.8, 4) is 0 Å². The van der Waals surface area contributed by atoms with E-state index in [2.05, 4.69) is 24.0 Å². The Morgan fingerprint density at radius 3 is 2.82 bits per heavy atom. The number of aryl methyl sites for hydroxylation is 1. The molecule has 0 aromatic heterocycles. The zero-order valence-electron chi connectivity index (χ0n) is 10.5. The summed E-state index contributed by atoms with van der Waals surface area (Å²) in [5.74, 6) is 0. The normalized spacial score (nSPS) is 25.4. The first-order valence-corrected chi connectivity index (χ1v) is 6.48. The number of hydrogen-bond donors (Lipinski definition) is 1. The van der Waals surface area contributed by atoms with E-state index >= 15 is 0 Å². The molecule has 94 valence electrons. The number of nitrogens with zero attached hydrogens (tertiary/aromatic N) is 1. The zero-order chi connectivity index (χ0) is 12.5. The van der Waals surface area contributed by atoms with Crippen LogP contribution in [0.2, 0.25) is 5.02 Å². The van der Waals surface area contributed by atoms with E-state index in [0.29, 0.717) is 0 Å². The van der Waals surface area contributed by atoms with Gasteiger partial charge in [-0.15, -0.1) is 0 Å². The van der Waals surface area contributed by atoms with Crippen LogP contribution in [-0.2, 0) is 6.54 Å². The maximum atomic E-state index is 9.34. The minimum absolute atomic E-state index is 0.0779. The predicted octanol–water partition coefficient (Wildman–Crippen LogP) is 2.85. The molecule has 17 heavy (non-hydrogen) atoms. The summed E-state index contributed by atoms with van der Waals surface area (Å²) < 4.78 is 0. The van der Waals surface area contributed by atoms with Gasteiger partial charge in [-0.05, 0) is 37.1 Å². The van der Waals surface area contributed by atoms with Gasteiger partial charge in [-0.2, -0.15) is 0 Å². The van der Waals surface area contributed by atoms with Gasteiger partial charge >= 0.3 is 0 Å². The summed E-state index contributed by atoms with van der Waals surface area (Å²) in [5, 5.41) is 10.2. The molecule has 0 aliphatic carbocycles. The molecule has 2 rings (SSSR count). The fourth-order valence-corrected chi connectivity index (χ4v) is 2.59. The van der Waals surface area contributed by atoms with Crippen molar-refractivity contribution in [1.82, 2.24) is 4.90 Å². The minimum atomic E-state index is 0.0779. The van der Waals surface area contributed by atoms with Crippen molar-refractivity contribution in [2.45, 2.75) is 26.8 Å². The molecule has 0 spiro atoms. The topological polar surface area (TPSA) is 23.5 Å².